The summed E-state index contributed by atoms with van der Waals surface area (Å²) in [4.78, 5) is 15.1. The van der Waals surface area contributed by atoms with Gasteiger partial charge in [-0.25, -0.2) is 4.39 Å². The molecule has 0 saturated carbocycles. The van der Waals surface area contributed by atoms with Crippen molar-refractivity contribution in [3.05, 3.63) is 48.0 Å². The third-order valence-corrected chi connectivity index (χ3v) is 3.16. The summed E-state index contributed by atoms with van der Waals surface area (Å²) >= 11 is 0. The number of nitrogens with two attached hydrogens (primary N) is 1. The summed E-state index contributed by atoms with van der Waals surface area (Å²) in [6.45, 7) is 3.03. The fraction of sp³-hybridized carbons (Fsp3) is 0.267. The predicted octanol–water partition coefficient (Wildman–Crippen LogP) is 2.57. The molecule has 1 unspecified atom stereocenters. The molecule has 4 nitrogen and oxygen atoms in total. The van der Waals surface area contributed by atoms with Gasteiger partial charge < -0.3 is 16.0 Å². The summed E-state index contributed by atoms with van der Waals surface area (Å²) in [5.74, 6) is -0.231. The first-order valence-corrected chi connectivity index (χ1v) is 6.52. The van der Waals surface area contributed by atoms with Crippen LogP contribution in [0.25, 0.3) is 11.1 Å². The number of carbonyl (C=O) groups excluding carboxylic acids is 1. The van der Waals surface area contributed by atoms with Gasteiger partial charge in [-0.2, -0.15) is 0 Å². The highest BCUT2D eigenvalue weighted by molar-refractivity contribution is 6.00. The van der Waals surface area contributed by atoms with Crippen LogP contribution >= 0.6 is 12.4 Å². The highest BCUT2D eigenvalue weighted by Gasteiger charge is 2.14. The van der Waals surface area contributed by atoms with Crippen molar-refractivity contribution in [2.45, 2.75) is 6.92 Å². The molecule has 2 aromatic rings. The van der Waals surface area contributed by atoms with E-state index in [9.17, 15) is 9.18 Å². The minimum atomic E-state index is -0.299. The summed E-state index contributed by atoms with van der Waals surface area (Å²) in [6.07, 6.45) is 3.37. The fourth-order valence-electron chi connectivity index (χ4n) is 1.87. The number of halogens is 2. The van der Waals surface area contributed by atoms with E-state index < -0.39 is 0 Å². The van der Waals surface area contributed by atoms with Crippen LogP contribution in [0.15, 0.2) is 36.7 Å². The third-order valence-electron chi connectivity index (χ3n) is 3.16. The SMILES string of the molecule is CC(CN)CNC(=O)c1c[nH]cc1-c1ccc(F)cc1.Cl. The van der Waals surface area contributed by atoms with E-state index in [2.05, 4.69) is 10.3 Å². The Balaban J connectivity index is 0.00000220. The van der Waals surface area contributed by atoms with E-state index in [1.165, 1.54) is 12.1 Å². The van der Waals surface area contributed by atoms with Crippen molar-refractivity contribution < 1.29 is 9.18 Å². The van der Waals surface area contributed by atoms with Crippen LogP contribution in [-0.4, -0.2) is 24.0 Å². The minimum absolute atomic E-state index is 0. The smallest absolute Gasteiger partial charge is 0.253 e. The molecule has 0 aliphatic carbocycles. The van der Waals surface area contributed by atoms with E-state index >= 15 is 0 Å². The number of rotatable bonds is 5. The second-order valence-electron chi connectivity index (χ2n) is 4.84. The second-order valence-corrected chi connectivity index (χ2v) is 4.84. The molecule has 21 heavy (non-hydrogen) atoms. The van der Waals surface area contributed by atoms with Crippen LogP contribution in [0.5, 0.6) is 0 Å². The molecule has 1 aromatic heterocycles. The maximum absolute atomic E-state index is 12.9. The monoisotopic (exact) mass is 311 g/mol. The van der Waals surface area contributed by atoms with E-state index in [1.807, 2.05) is 6.92 Å². The topological polar surface area (TPSA) is 70.9 Å². The van der Waals surface area contributed by atoms with Gasteiger partial charge in [-0.1, -0.05) is 19.1 Å². The zero-order valence-electron chi connectivity index (χ0n) is 11.7. The molecule has 0 aliphatic heterocycles. The van der Waals surface area contributed by atoms with Gasteiger partial charge in [0, 0.05) is 24.5 Å². The molecule has 4 N–H and O–H groups in total. The van der Waals surface area contributed by atoms with E-state index in [0.717, 1.165) is 11.1 Å². The summed E-state index contributed by atoms with van der Waals surface area (Å²) < 4.78 is 12.9. The zero-order chi connectivity index (χ0) is 14.5. The lowest BCUT2D eigenvalue weighted by Crippen LogP contribution is -2.31. The van der Waals surface area contributed by atoms with Crippen molar-refractivity contribution >= 4 is 18.3 Å². The summed E-state index contributed by atoms with van der Waals surface area (Å²) in [7, 11) is 0. The van der Waals surface area contributed by atoms with E-state index in [0.29, 0.717) is 18.7 Å². The van der Waals surface area contributed by atoms with Gasteiger partial charge in [0.1, 0.15) is 5.82 Å². The molecule has 1 heterocycles. The minimum Gasteiger partial charge on any atom is -0.366 e. The third kappa shape index (κ3) is 4.31. The Hall–Kier alpha value is -1.85. The molecule has 1 aromatic carbocycles. The Bertz CT molecular complexity index is 583. The zero-order valence-corrected chi connectivity index (χ0v) is 12.5. The van der Waals surface area contributed by atoms with Crippen molar-refractivity contribution in [1.29, 1.82) is 0 Å². The van der Waals surface area contributed by atoms with Gasteiger partial charge in [-0.05, 0) is 30.2 Å². The number of hydrogen-bond acceptors (Lipinski definition) is 2. The number of aromatic amines is 1. The number of carbonyl (C=O) groups is 1. The average Bonchev–Trinajstić information content (AvgIpc) is 2.94. The van der Waals surface area contributed by atoms with Gasteiger partial charge in [0.05, 0.1) is 5.56 Å². The van der Waals surface area contributed by atoms with Gasteiger partial charge in [-0.15, -0.1) is 12.4 Å². The van der Waals surface area contributed by atoms with Gasteiger partial charge in [0.15, 0.2) is 0 Å². The molecule has 1 atom stereocenters. The average molecular weight is 312 g/mol. The number of benzene rings is 1. The van der Waals surface area contributed by atoms with Crippen LogP contribution in [0.3, 0.4) is 0 Å². The fourth-order valence-corrected chi connectivity index (χ4v) is 1.87. The highest BCUT2D eigenvalue weighted by Crippen LogP contribution is 2.23. The number of H-pyrrole nitrogens is 1. The van der Waals surface area contributed by atoms with Crippen molar-refractivity contribution in [2.75, 3.05) is 13.1 Å². The molecule has 114 valence electrons. The van der Waals surface area contributed by atoms with Gasteiger partial charge in [0.25, 0.3) is 5.91 Å². The summed E-state index contributed by atoms with van der Waals surface area (Å²) in [5, 5.41) is 2.84. The molecule has 0 radical (unpaired) electrons. The first-order chi connectivity index (χ1) is 9.61. The Labute approximate surface area is 129 Å². The normalized spacial score (nSPS) is 11.6. The Morgan fingerprint density at radius 1 is 1.33 bits per heavy atom. The molecule has 0 aliphatic rings. The van der Waals surface area contributed by atoms with Crippen LogP contribution in [0.4, 0.5) is 4.39 Å². The van der Waals surface area contributed by atoms with E-state index in [1.54, 1.807) is 24.5 Å². The van der Waals surface area contributed by atoms with Gasteiger partial charge in [-0.3, -0.25) is 4.79 Å². The highest BCUT2D eigenvalue weighted by atomic mass is 35.5. The number of hydrogen-bond donors (Lipinski definition) is 3. The lowest BCUT2D eigenvalue weighted by atomic mass is 10.0. The van der Waals surface area contributed by atoms with Crippen molar-refractivity contribution in [3.63, 3.8) is 0 Å². The second kappa shape index (κ2) is 7.81. The molecule has 0 fully saturated rings. The first-order valence-electron chi connectivity index (χ1n) is 6.52. The molecule has 6 heteroatoms. The Kier molecular flexibility index (Phi) is 6.39. The van der Waals surface area contributed by atoms with E-state index in [-0.39, 0.29) is 30.0 Å². The molecular weight excluding hydrogens is 293 g/mol. The largest absolute Gasteiger partial charge is 0.366 e. The van der Waals surface area contributed by atoms with Crippen LogP contribution in [0.2, 0.25) is 0 Å². The van der Waals surface area contributed by atoms with Crippen LogP contribution in [0.1, 0.15) is 17.3 Å². The molecule has 2 rings (SSSR count). The van der Waals surface area contributed by atoms with Gasteiger partial charge >= 0.3 is 0 Å². The predicted molar refractivity (Wildman–Crippen MR) is 84.0 cm³/mol. The summed E-state index contributed by atoms with van der Waals surface area (Å²) in [6, 6.07) is 6.05. The quantitative estimate of drug-likeness (QED) is 0.794. The van der Waals surface area contributed by atoms with Crippen LogP contribution in [0, 0.1) is 11.7 Å². The maximum atomic E-state index is 12.9. The molecular formula is C15H19ClFN3O. The molecule has 0 bridgehead atoms. The lowest BCUT2D eigenvalue weighted by Gasteiger charge is -2.10. The first kappa shape index (κ1) is 17.2. The molecule has 1 amide bonds. The summed E-state index contributed by atoms with van der Waals surface area (Å²) in [5.41, 5.74) is 7.61. The number of aromatic nitrogens is 1. The van der Waals surface area contributed by atoms with Crippen molar-refractivity contribution in [2.24, 2.45) is 11.7 Å². The molecule has 0 saturated heterocycles. The van der Waals surface area contributed by atoms with Crippen LogP contribution in [-0.2, 0) is 0 Å². The molecule has 0 spiro atoms. The Morgan fingerprint density at radius 2 is 2.00 bits per heavy atom. The van der Waals surface area contributed by atoms with Crippen molar-refractivity contribution in [1.82, 2.24) is 10.3 Å². The maximum Gasteiger partial charge on any atom is 0.253 e. The van der Waals surface area contributed by atoms with Crippen LogP contribution < -0.4 is 11.1 Å². The van der Waals surface area contributed by atoms with Gasteiger partial charge in [0.2, 0.25) is 0 Å². The van der Waals surface area contributed by atoms with Crippen molar-refractivity contribution in [3.8, 4) is 11.1 Å². The number of amides is 1. The Morgan fingerprint density at radius 3 is 2.62 bits per heavy atom. The van der Waals surface area contributed by atoms with E-state index in [4.69, 9.17) is 5.73 Å². The standard InChI is InChI=1S/C15H18FN3O.ClH/c1-10(6-17)7-19-15(20)14-9-18-8-13(14)11-2-4-12(16)5-3-11;/h2-5,8-10,18H,6-7,17H2,1H3,(H,19,20);1H. The lowest BCUT2D eigenvalue weighted by molar-refractivity contribution is 0.0949. The number of nitrogens with one attached hydrogen (secondary N) is 2.